The third-order valence-corrected chi connectivity index (χ3v) is 4.61. The number of aromatic nitrogens is 1. The smallest absolute Gasteiger partial charge is 0.0224 e. The van der Waals surface area contributed by atoms with Crippen LogP contribution in [0.4, 0.5) is 0 Å². The van der Waals surface area contributed by atoms with Crippen molar-refractivity contribution in [2.45, 2.75) is 59.2 Å². The van der Waals surface area contributed by atoms with Gasteiger partial charge in [-0.2, -0.15) is 0 Å². The first-order valence-corrected chi connectivity index (χ1v) is 7.70. The van der Waals surface area contributed by atoms with Crippen LogP contribution in [0.1, 0.15) is 43.1 Å². The van der Waals surface area contributed by atoms with Crippen LogP contribution in [0.2, 0.25) is 0 Å². The Morgan fingerprint density at radius 2 is 2.11 bits per heavy atom. The van der Waals surface area contributed by atoms with E-state index < -0.39 is 0 Å². The van der Waals surface area contributed by atoms with Gasteiger partial charge in [-0.25, -0.2) is 0 Å². The Balaban J connectivity index is 1.85. The minimum Gasteiger partial charge on any atom is -0.349 e. The van der Waals surface area contributed by atoms with Gasteiger partial charge in [-0.05, 0) is 58.8 Å². The highest BCUT2D eigenvalue weighted by Gasteiger charge is 2.18. The van der Waals surface area contributed by atoms with Crippen LogP contribution in [0, 0.1) is 13.8 Å². The lowest BCUT2D eigenvalue weighted by Crippen LogP contribution is -2.42. The number of likely N-dealkylation sites (N-methyl/N-ethyl adjacent to an activating group) is 1. The van der Waals surface area contributed by atoms with Crippen molar-refractivity contribution in [2.75, 3.05) is 20.1 Å². The second-order valence-corrected chi connectivity index (χ2v) is 5.90. The van der Waals surface area contributed by atoms with Gasteiger partial charge in [-0.3, -0.25) is 0 Å². The number of piperidine rings is 1. The minimum absolute atomic E-state index is 0.725. The van der Waals surface area contributed by atoms with E-state index >= 15 is 0 Å². The molecule has 108 valence electrons. The highest BCUT2D eigenvalue weighted by atomic mass is 15.2. The van der Waals surface area contributed by atoms with Crippen molar-refractivity contribution in [1.29, 1.82) is 0 Å². The van der Waals surface area contributed by atoms with Crippen LogP contribution in [0.15, 0.2) is 6.07 Å². The van der Waals surface area contributed by atoms with Crippen molar-refractivity contribution in [3.05, 3.63) is 23.0 Å². The van der Waals surface area contributed by atoms with Crippen LogP contribution < -0.4 is 5.32 Å². The van der Waals surface area contributed by atoms with Gasteiger partial charge in [0.15, 0.2) is 0 Å². The highest BCUT2D eigenvalue weighted by Crippen LogP contribution is 2.16. The fraction of sp³-hybridized carbons (Fsp3) is 0.750. The molecule has 2 heterocycles. The van der Waals surface area contributed by atoms with Gasteiger partial charge in [0.2, 0.25) is 0 Å². The zero-order valence-corrected chi connectivity index (χ0v) is 13.0. The van der Waals surface area contributed by atoms with E-state index in [-0.39, 0.29) is 0 Å². The fourth-order valence-electron chi connectivity index (χ4n) is 3.31. The van der Waals surface area contributed by atoms with Crippen LogP contribution in [0.3, 0.4) is 0 Å². The van der Waals surface area contributed by atoms with Crippen LogP contribution in [0.25, 0.3) is 0 Å². The average Bonchev–Trinajstić information content (AvgIpc) is 2.66. The summed E-state index contributed by atoms with van der Waals surface area (Å²) in [5.74, 6) is 0. The highest BCUT2D eigenvalue weighted by molar-refractivity contribution is 5.26. The Hall–Kier alpha value is -0.800. The van der Waals surface area contributed by atoms with Crippen molar-refractivity contribution in [3.63, 3.8) is 0 Å². The molecule has 0 saturated carbocycles. The van der Waals surface area contributed by atoms with Crippen molar-refractivity contribution in [2.24, 2.45) is 0 Å². The molecule has 0 spiro atoms. The van der Waals surface area contributed by atoms with Gasteiger partial charge in [-0.15, -0.1) is 0 Å². The second kappa shape index (κ2) is 6.58. The van der Waals surface area contributed by atoms with E-state index in [0.717, 1.165) is 25.7 Å². The molecule has 1 aromatic heterocycles. The van der Waals surface area contributed by atoms with Crippen LogP contribution in [-0.2, 0) is 13.1 Å². The molecule has 1 N–H and O–H groups in total. The van der Waals surface area contributed by atoms with Crippen molar-refractivity contribution < 1.29 is 0 Å². The van der Waals surface area contributed by atoms with E-state index in [0.29, 0.717) is 0 Å². The maximum absolute atomic E-state index is 3.65. The van der Waals surface area contributed by atoms with Gasteiger partial charge in [0.1, 0.15) is 0 Å². The molecule has 3 heteroatoms. The van der Waals surface area contributed by atoms with Gasteiger partial charge in [0.05, 0.1) is 0 Å². The number of likely N-dealkylation sites (tertiary alicyclic amines) is 1. The fourth-order valence-corrected chi connectivity index (χ4v) is 3.31. The van der Waals surface area contributed by atoms with Gasteiger partial charge in [-0.1, -0.05) is 6.42 Å². The molecule has 1 saturated heterocycles. The normalized spacial score (nSPS) is 20.9. The summed E-state index contributed by atoms with van der Waals surface area (Å²) in [4.78, 5) is 2.51. The quantitative estimate of drug-likeness (QED) is 0.881. The van der Waals surface area contributed by atoms with E-state index in [1.165, 1.54) is 42.8 Å². The maximum atomic E-state index is 3.65. The molecule has 1 atom stereocenters. The number of nitrogens with one attached hydrogen (secondary N) is 1. The van der Waals surface area contributed by atoms with Gasteiger partial charge in [0.25, 0.3) is 0 Å². The standard InChI is InChI=1S/C16H29N3/c1-5-19-13(2)10-15(14(19)3)11-17-12-16-8-6-7-9-18(16)4/h10,16-17H,5-9,11-12H2,1-4H3. The third-order valence-electron chi connectivity index (χ3n) is 4.61. The van der Waals surface area contributed by atoms with E-state index in [1.54, 1.807) is 0 Å². The summed E-state index contributed by atoms with van der Waals surface area (Å²) in [6.07, 6.45) is 4.10. The summed E-state index contributed by atoms with van der Waals surface area (Å²) in [5.41, 5.74) is 4.26. The monoisotopic (exact) mass is 263 g/mol. The van der Waals surface area contributed by atoms with Crippen molar-refractivity contribution in [1.82, 2.24) is 14.8 Å². The zero-order valence-electron chi connectivity index (χ0n) is 13.0. The molecule has 0 amide bonds. The Morgan fingerprint density at radius 3 is 2.74 bits per heavy atom. The van der Waals surface area contributed by atoms with Crippen molar-refractivity contribution in [3.8, 4) is 0 Å². The summed E-state index contributed by atoms with van der Waals surface area (Å²) in [6, 6.07) is 3.06. The van der Waals surface area contributed by atoms with Crippen LogP contribution in [0.5, 0.6) is 0 Å². The molecule has 1 fully saturated rings. The molecule has 1 unspecified atom stereocenters. The molecule has 0 aliphatic carbocycles. The predicted octanol–water partition coefficient (Wildman–Crippen LogP) is 2.70. The number of aryl methyl sites for hydroxylation is 1. The number of hydrogen-bond acceptors (Lipinski definition) is 2. The Morgan fingerprint density at radius 1 is 1.32 bits per heavy atom. The van der Waals surface area contributed by atoms with E-state index in [2.05, 4.69) is 48.7 Å². The molecular formula is C16H29N3. The first kappa shape index (κ1) is 14.6. The summed E-state index contributed by atoms with van der Waals surface area (Å²) in [7, 11) is 2.26. The second-order valence-electron chi connectivity index (χ2n) is 5.90. The molecule has 0 radical (unpaired) electrons. The molecular weight excluding hydrogens is 234 g/mol. The van der Waals surface area contributed by atoms with Crippen LogP contribution >= 0.6 is 0 Å². The first-order chi connectivity index (χ1) is 9.13. The number of rotatable bonds is 5. The van der Waals surface area contributed by atoms with Gasteiger partial charge >= 0.3 is 0 Å². The third kappa shape index (κ3) is 3.40. The van der Waals surface area contributed by atoms with E-state index in [1.807, 2.05) is 0 Å². The summed E-state index contributed by atoms with van der Waals surface area (Å²) < 4.78 is 2.39. The molecule has 1 aliphatic rings. The van der Waals surface area contributed by atoms with Gasteiger partial charge < -0.3 is 14.8 Å². The van der Waals surface area contributed by atoms with Crippen LogP contribution in [-0.4, -0.2) is 35.6 Å². The summed E-state index contributed by atoms with van der Waals surface area (Å²) in [6.45, 7) is 11.1. The number of hydrogen-bond donors (Lipinski definition) is 1. The minimum atomic E-state index is 0.725. The Labute approximate surface area is 118 Å². The lowest BCUT2D eigenvalue weighted by molar-refractivity contribution is 0.181. The maximum Gasteiger partial charge on any atom is 0.0224 e. The molecule has 1 aliphatic heterocycles. The molecule has 19 heavy (non-hydrogen) atoms. The lowest BCUT2D eigenvalue weighted by Gasteiger charge is -2.32. The largest absolute Gasteiger partial charge is 0.349 e. The molecule has 3 nitrogen and oxygen atoms in total. The lowest BCUT2D eigenvalue weighted by atomic mass is 10.0. The molecule has 0 bridgehead atoms. The SMILES string of the molecule is CCn1c(C)cc(CNCC2CCCCN2C)c1C. The molecule has 0 aromatic carbocycles. The Bertz CT molecular complexity index is 408. The summed E-state index contributed by atoms with van der Waals surface area (Å²) in [5, 5.41) is 3.65. The topological polar surface area (TPSA) is 20.2 Å². The molecule has 1 aromatic rings. The number of nitrogens with zero attached hydrogens (tertiary/aromatic N) is 2. The van der Waals surface area contributed by atoms with E-state index in [4.69, 9.17) is 0 Å². The predicted molar refractivity (Wildman–Crippen MR) is 81.6 cm³/mol. The molecule has 2 rings (SSSR count). The Kier molecular flexibility index (Phi) is 5.06. The zero-order chi connectivity index (χ0) is 13.8. The van der Waals surface area contributed by atoms with Gasteiger partial charge in [0, 0.05) is 37.1 Å². The first-order valence-electron chi connectivity index (χ1n) is 7.70. The van der Waals surface area contributed by atoms with Crippen molar-refractivity contribution >= 4 is 0 Å². The average molecular weight is 263 g/mol. The summed E-state index contributed by atoms with van der Waals surface area (Å²) >= 11 is 0. The van der Waals surface area contributed by atoms with E-state index in [9.17, 15) is 0 Å².